The second kappa shape index (κ2) is 15.3. The van der Waals surface area contributed by atoms with E-state index in [1.54, 1.807) is 0 Å². The Bertz CT molecular complexity index is 1010. The lowest BCUT2D eigenvalue weighted by atomic mass is 10.1. The minimum Gasteiger partial charge on any atom is -0.505 e. The standard InChI is InChI=1S/C24H29Cl2N3O5.2ClH/c1-15-14-29(9-8-27-15)10-11-34-22-18(25)13-17(21(30)20(22)26)23(31)28-19(24(32)33-2)12-16-6-4-3-5-7-16;;/h3-7,13,15,19,27,30H,8-12,14H2,1-2H3,(H,28,31);2*1H/t15-,19-;;/m0../s1. The summed E-state index contributed by atoms with van der Waals surface area (Å²) in [6.45, 7) is 5.82. The van der Waals surface area contributed by atoms with E-state index in [1.165, 1.54) is 13.2 Å². The number of methoxy groups -OCH3 is 1. The average molecular weight is 583 g/mol. The number of hydrogen-bond donors (Lipinski definition) is 3. The van der Waals surface area contributed by atoms with Crippen LogP contribution in [0.4, 0.5) is 0 Å². The van der Waals surface area contributed by atoms with Crippen molar-refractivity contribution >= 4 is 59.9 Å². The number of ether oxygens (including phenoxy) is 2. The molecule has 12 heteroatoms. The molecule has 1 aliphatic rings. The number of halogens is 4. The molecule has 3 rings (SSSR count). The van der Waals surface area contributed by atoms with Crippen LogP contribution in [0.5, 0.6) is 11.5 Å². The first-order chi connectivity index (χ1) is 16.3. The maximum absolute atomic E-state index is 12.9. The molecule has 0 radical (unpaired) electrons. The molecule has 200 valence electrons. The molecule has 0 aliphatic carbocycles. The first-order valence-electron chi connectivity index (χ1n) is 11.0. The van der Waals surface area contributed by atoms with E-state index in [9.17, 15) is 14.7 Å². The van der Waals surface area contributed by atoms with Gasteiger partial charge in [-0.05, 0) is 18.6 Å². The van der Waals surface area contributed by atoms with Gasteiger partial charge in [-0.2, -0.15) is 0 Å². The molecule has 2 aromatic rings. The lowest BCUT2D eigenvalue weighted by Crippen LogP contribution is -2.50. The number of phenols is 1. The van der Waals surface area contributed by atoms with Gasteiger partial charge in [0.05, 0.1) is 17.7 Å². The molecule has 1 saturated heterocycles. The Morgan fingerprint density at radius 1 is 1.25 bits per heavy atom. The quantitative estimate of drug-likeness (QED) is 0.387. The lowest BCUT2D eigenvalue weighted by molar-refractivity contribution is -0.142. The van der Waals surface area contributed by atoms with Crippen molar-refractivity contribution in [1.29, 1.82) is 0 Å². The topological polar surface area (TPSA) is 100 Å². The van der Waals surface area contributed by atoms with Gasteiger partial charge >= 0.3 is 5.97 Å². The number of rotatable bonds is 9. The van der Waals surface area contributed by atoms with E-state index < -0.39 is 23.7 Å². The molecule has 1 aliphatic heterocycles. The molecule has 8 nitrogen and oxygen atoms in total. The Hall–Kier alpha value is -1.94. The maximum Gasteiger partial charge on any atom is 0.328 e. The maximum atomic E-state index is 12.9. The van der Waals surface area contributed by atoms with Gasteiger partial charge in [-0.25, -0.2) is 4.79 Å². The van der Waals surface area contributed by atoms with Crippen LogP contribution in [-0.4, -0.2) is 73.9 Å². The molecule has 0 aromatic heterocycles. The van der Waals surface area contributed by atoms with Crippen LogP contribution < -0.4 is 15.4 Å². The fourth-order valence-corrected chi connectivity index (χ4v) is 4.37. The second-order valence-corrected chi connectivity index (χ2v) is 8.93. The second-order valence-electron chi connectivity index (χ2n) is 8.14. The van der Waals surface area contributed by atoms with Crippen molar-refractivity contribution in [1.82, 2.24) is 15.5 Å². The normalized spacial score (nSPS) is 16.2. The third-order valence-electron chi connectivity index (χ3n) is 5.58. The largest absolute Gasteiger partial charge is 0.505 e. The van der Waals surface area contributed by atoms with Crippen LogP contribution in [-0.2, 0) is 16.0 Å². The number of esters is 1. The Kier molecular flexibility index (Phi) is 13.7. The van der Waals surface area contributed by atoms with Gasteiger partial charge < -0.3 is 25.2 Å². The SMILES string of the molecule is COC(=O)[C@H](Cc1ccccc1)NC(=O)c1cc(Cl)c(OCCN2CCN[C@@H](C)C2)c(Cl)c1O.Cl.Cl. The monoisotopic (exact) mass is 581 g/mol. The van der Waals surface area contributed by atoms with Crippen molar-refractivity contribution in [2.75, 3.05) is 39.9 Å². The number of nitrogens with zero attached hydrogens (tertiary/aromatic N) is 1. The minimum atomic E-state index is -0.964. The van der Waals surface area contributed by atoms with Crippen molar-refractivity contribution in [2.45, 2.75) is 25.4 Å². The van der Waals surface area contributed by atoms with Crippen LogP contribution >= 0.6 is 48.0 Å². The fraction of sp³-hybridized carbons (Fsp3) is 0.417. The zero-order valence-electron chi connectivity index (χ0n) is 20.0. The number of nitrogens with one attached hydrogen (secondary N) is 2. The highest BCUT2D eigenvalue weighted by molar-refractivity contribution is 6.39. The summed E-state index contributed by atoms with van der Waals surface area (Å²) < 4.78 is 10.6. The summed E-state index contributed by atoms with van der Waals surface area (Å²) in [5.41, 5.74) is 0.668. The molecule has 0 bridgehead atoms. The molecule has 1 fully saturated rings. The van der Waals surface area contributed by atoms with Gasteiger partial charge in [0.2, 0.25) is 0 Å². The Balaban J connectivity index is 0.00000324. The molecule has 0 spiro atoms. The number of hydrogen-bond acceptors (Lipinski definition) is 7. The molecular formula is C24H31Cl4N3O5. The summed E-state index contributed by atoms with van der Waals surface area (Å²) in [6.07, 6.45) is 0.216. The van der Waals surface area contributed by atoms with Gasteiger partial charge in [0, 0.05) is 38.6 Å². The third kappa shape index (κ3) is 8.57. The zero-order chi connectivity index (χ0) is 24.7. The van der Waals surface area contributed by atoms with E-state index in [-0.39, 0.29) is 52.6 Å². The van der Waals surface area contributed by atoms with Gasteiger partial charge in [-0.3, -0.25) is 9.69 Å². The zero-order valence-corrected chi connectivity index (χ0v) is 23.1. The number of carbonyl (C=O) groups excluding carboxylic acids is 2. The summed E-state index contributed by atoms with van der Waals surface area (Å²) in [7, 11) is 1.24. The number of phenolic OH excluding ortho intramolecular Hbond substituents is 1. The van der Waals surface area contributed by atoms with Crippen molar-refractivity contribution in [3.05, 3.63) is 57.6 Å². The summed E-state index contributed by atoms with van der Waals surface area (Å²) in [4.78, 5) is 27.4. The van der Waals surface area contributed by atoms with Crippen molar-refractivity contribution in [2.24, 2.45) is 0 Å². The number of carbonyl (C=O) groups is 2. The first-order valence-corrected chi connectivity index (χ1v) is 11.8. The van der Waals surface area contributed by atoms with Crippen molar-refractivity contribution in [3.63, 3.8) is 0 Å². The highest BCUT2D eigenvalue weighted by Gasteiger charge is 2.27. The molecule has 1 amide bonds. The summed E-state index contributed by atoms with van der Waals surface area (Å²) in [6, 6.07) is 9.90. The predicted octanol–water partition coefficient (Wildman–Crippen LogP) is 3.73. The minimum absolute atomic E-state index is 0. The van der Waals surface area contributed by atoms with Crippen LogP contribution in [0.3, 0.4) is 0 Å². The van der Waals surface area contributed by atoms with Gasteiger partial charge in [0.25, 0.3) is 5.91 Å². The number of piperazine rings is 1. The molecule has 1 heterocycles. The Morgan fingerprint density at radius 2 is 1.94 bits per heavy atom. The Labute approximate surface area is 233 Å². The molecule has 2 atom stereocenters. The predicted molar refractivity (Wildman–Crippen MR) is 145 cm³/mol. The smallest absolute Gasteiger partial charge is 0.328 e. The van der Waals surface area contributed by atoms with E-state index in [0.29, 0.717) is 19.2 Å². The van der Waals surface area contributed by atoms with Crippen LogP contribution in [0, 0.1) is 0 Å². The number of amides is 1. The van der Waals surface area contributed by atoms with E-state index in [2.05, 4.69) is 22.5 Å². The van der Waals surface area contributed by atoms with Crippen molar-refractivity contribution in [3.8, 4) is 11.5 Å². The van der Waals surface area contributed by atoms with E-state index in [0.717, 1.165) is 25.2 Å². The first kappa shape index (κ1) is 32.1. The van der Waals surface area contributed by atoms with E-state index in [1.807, 2.05) is 30.3 Å². The summed E-state index contributed by atoms with van der Waals surface area (Å²) >= 11 is 12.6. The van der Waals surface area contributed by atoms with Crippen LogP contribution in [0.2, 0.25) is 10.0 Å². The highest BCUT2D eigenvalue weighted by Crippen LogP contribution is 2.42. The van der Waals surface area contributed by atoms with E-state index in [4.69, 9.17) is 32.7 Å². The fourth-order valence-electron chi connectivity index (χ4n) is 3.81. The van der Waals surface area contributed by atoms with Crippen LogP contribution in [0.25, 0.3) is 0 Å². The average Bonchev–Trinajstić information content (AvgIpc) is 2.83. The van der Waals surface area contributed by atoms with Crippen LogP contribution in [0.1, 0.15) is 22.8 Å². The van der Waals surface area contributed by atoms with Crippen molar-refractivity contribution < 1.29 is 24.2 Å². The van der Waals surface area contributed by atoms with Gasteiger partial charge in [0.15, 0.2) is 11.5 Å². The summed E-state index contributed by atoms with van der Waals surface area (Å²) in [5.74, 6) is -1.70. The lowest BCUT2D eigenvalue weighted by Gasteiger charge is -2.31. The Morgan fingerprint density at radius 3 is 2.58 bits per heavy atom. The van der Waals surface area contributed by atoms with Gasteiger partial charge in [0.1, 0.15) is 17.7 Å². The number of benzene rings is 2. The highest BCUT2D eigenvalue weighted by atomic mass is 35.5. The molecular weight excluding hydrogens is 552 g/mol. The summed E-state index contributed by atoms with van der Waals surface area (Å²) in [5, 5.41) is 16.5. The molecule has 36 heavy (non-hydrogen) atoms. The molecule has 0 unspecified atom stereocenters. The molecule has 3 N–H and O–H groups in total. The van der Waals surface area contributed by atoms with Gasteiger partial charge in [-0.15, -0.1) is 24.8 Å². The third-order valence-corrected chi connectivity index (χ3v) is 6.21. The van der Waals surface area contributed by atoms with Gasteiger partial charge in [-0.1, -0.05) is 53.5 Å². The molecule has 0 saturated carbocycles. The molecule has 2 aromatic carbocycles. The van der Waals surface area contributed by atoms with Crippen LogP contribution in [0.15, 0.2) is 36.4 Å². The van der Waals surface area contributed by atoms with E-state index >= 15 is 0 Å². The number of aromatic hydroxyl groups is 1.